The fraction of sp³-hybridized carbons (Fsp3) is 0.304. The number of benzene rings is 1. The van der Waals surface area contributed by atoms with Gasteiger partial charge in [0.05, 0.1) is 39.2 Å². The molecule has 4 aromatic rings. The lowest BCUT2D eigenvalue weighted by molar-refractivity contribution is -0.115. The molecule has 160 valence electrons. The van der Waals surface area contributed by atoms with Crippen molar-refractivity contribution in [2.24, 2.45) is 7.05 Å². The van der Waals surface area contributed by atoms with E-state index in [0.717, 1.165) is 45.1 Å². The minimum Gasteiger partial charge on any atom is -0.322 e. The molecule has 3 aromatic heterocycles. The number of rotatable bonds is 5. The van der Waals surface area contributed by atoms with Crippen molar-refractivity contribution in [1.29, 1.82) is 0 Å². The third kappa shape index (κ3) is 3.95. The van der Waals surface area contributed by atoms with Gasteiger partial charge in [-0.25, -0.2) is 9.50 Å². The van der Waals surface area contributed by atoms with Crippen LogP contribution >= 0.6 is 11.8 Å². The number of fused-ring (bicyclic) bond motifs is 1. The number of hydrogen-bond donors (Lipinski definition) is 1. The lowest BCUT2D eigenvalue weighted by atomic mass is 10.1. The Morgan fingerprint density at radius 1 is 1.10 bits per heavy atom. The van der Waals surface area contributed by atoms with Crippen LogP contribution in [-0.2, 0) is 11.8 Å². The third-order valence-corrected chi connectivity index (χ3v) is 6.38. The summed E-state index contributed by atoms with van der Waals surface area (Å²) < 4.78 is 3.63. The SMILES string of the molecule is Cc1cc(C)c2c(-c3ccccc3)nc(S[C@@H](C)C(=O)Nc3c(C)nn(C)c3C)n2n1. The number of thioether (sulfide) groups is 1. The van der Waals surface area contributed by atoms with Gasteiger partial charge in [0.2, 0.25) is 5.91 Å². The predicted molar refractivity (Wildman–Crippen MR) is 125 cm³/mol. The summed E-state index contributed by atoms with van der Waals surface area (Å²) in [7, 11) is 1.87. The maximum Gasteiger partial charge on any atom is 0.237 e. The molecular weight excluding hydrogens is 408 g/mol. The summed E-state index contributed by atoms with van der Waals surface area (Å²) >= 11 is 1.40. The van der Waals surface area contributed by atoms with Crippen LogP contribution < -0.4 is 5.32 Å². The number of carbonyl (C=O) groups excluding carboxylic acids is 1. The standard InChI is InChI=1S/C23H26N6OS/c1-13-12-14(2)26-29-21(13)20(18-10-8-7-9-11-18)25-23(29)31-17(5)22(30)24-19-15(3)27-28(6)16(19)4/h7-12,17H,1-6H3,(H,24,30)/t17-/m0/s1. The number of nitrogens with one attached hydrogen (secondary N) is 1. The number of anilines is 1. The van der Waals surface area contributed by atoms with Gasteiger partial charge in [-0.05, 0) is 46.2 Å². The second-order valence-electron chi connectivity index (χ2n) is 7.76. The van der Waals surface area contributed by atoms with Crippen LogP contribution in [0.3, 0.4) is 0 Å². The van der Waals surface area contributed by atoms with Gasteiger partial charge in [0.1, 0.15) is 0 Å². The second-order valence-corrected chi connectivity index (χ2v) is 9.06. The summed E-state index contributed by atoms with van der Waals surface area (Å²) in [6.45, 7) is 9.75. The van der Waals surface area contributed by atoms with Gasteiger partial charge < -0.3 is 5.32 Å². The van der Waals surface area contributed by atoms with Gasteiger partial charge in [-0.2, -0.15) is 10.2 Å². The zero-order valence-corrected chi connectivity index (χ0v) is 19.4. The lowest BCUT2D eigenvalue weighted by Crippen LogP contribution is -2.23. The monoisotopic (exact) mass is 434 g/mol. The molecule has 0 saturated heterocycles. The van der Waals surface area contributed by atoms with E-state index in [1.807, 2.05) is 69.6 Å². The summed E-state index contributed by atoms with van der Waals surface area (Å²) in [4.78, 5) is 17.8. The van der Waals surface area contributed by atoms with Crippen molar-refractivity contribution in [3.05, 3.63) is 59.0 Å². The number of aromatic nitrogens is 5. The third-order valence-electron chi connectivity index (χ3n) is 5.34. The van der Waals surface area contributed by atoms with E-state index < -0.39 is 0 Å². The first kappa shape index (κ1) is 21.1. The van der Waals surface area contributed by atoms with Crippen molar-refractivity contribution in [1.82, 2.24) is 24.4 Å². The number of amides is 1. The number of aryl methyl sites for hydroxylation is 4. The number of nitrogens with zero attached hydrogens (tertiary/aromatic N) is 5. The van der Waals surface area contributed by atoms with Gasteiger partial charge in [-0.15, -0.1) is 0 Å². The Morgan fingerprint density at radius 3 is 2.45 bits per heavy atom. The predicted octanol–water partition coefficient (Wildman–Crippen LogP) is 4.48. The first-order chi connectivity index (χ1) is 14.8. The topological polar surface area (TPSA) is 77.1 Å². The fourth-order valence-corrected chi connectivity index (χ4v) is 4.53. The summed E-state index contributed by atoms with van der Waals surface area (Å²) in [5.41, 5.74) is 7.37. The Morgan fingerprint density at radius 2 is 1.81 bits per heavy atom. The van der Waals surface area contributed by atoms with Crippen LogP contribution in [-0.4, -0.2) is 35.5 Å². The van der Waals surface area contributed by atoms with Crippen LogP contribution in [0.25, 0.3) is 16.8 Å². The van der Waals surface area contributed by atoms with Gasteiger partial charge in [0.15, 0.2) is 5.16 Å². The van der Waals surface area contributed by atoms with Crippen LogP contribution in [0.4, 0.5) is 5.69 Å². The van der Waals surface area contributed by atoms with E-state index in [9.17, 15) is 4.79 Å². The molecule has 0 aliphatic carbocycles. The summed E-state index contributed by atoms with van der Waals surface area (Å²) in [6.07, 6.45) is 0. The first-order valence-corrected chi connectivity index (χ1v) is 11.0. The Bertz CT molecular complexity index is 1270. The molecule has 0 fully saturated rings. The van der Waals surface area contributed by atoms with Gasteiger partial charge in [-0.1, -0.05) is 42.1 Å². The Labute approximate surface area is 185 Å². The summed E-state index contributed by atoms with van der Waals surface area (Å²) in [5.74, 6) is -0.0911. The van der Waals surface area contributed by atoms with Crippen molar-refractivity contribution in [2.75, 3.05) is 5.32 Å². The quantitative estimate of drug-likeness (QED) is 0.469. The highest BCUT2D eigenvalue weighted by Gasteiger charge is 2.23. The highest BCUT2D eigenvalue weighted by atomic mass is 32.2. The summed E-state index contributed by atoms with van der Waals surface area (Å²) in [6, 6.07) is 12.1. The largest absolute Gasteiger partial charge is 0.322 e. The molecule has 0 spiro atoms. The molecule has 1 aromatic carbocycles. The molecule has 31 heavy (non-hydrogen) atoms. The molecule has 8 heteroatoms. The second kappa shape index (κ2) is 8.19. The van der Waals surface area contributed by atoms with Crippen LogP contribution in [0.5, 0.6) is 0 Å². The number of hydrogen-bond acceptors (Lipinski definition) is 5. The van der Waals surface area contributed by atoms with Crippen LogP contribution in [0, 0.1) is 27.7 Å². The molecule has 4 rings (SSSR count). The van der Waals surface area contributed by atoms with Crippen molar-refractivity contribution >= 4 is 28.9 Å². The maximum absolute atomic E-state index is 13.0. The molecule has 1 N–H and O–H groups in total. The lowest BCUT2D eigenvalue weighted by Gasteiger charge is -2.11. The molecule has 0 aliphatic heterocycles. The molecule has 0 bridgehead atoms. The van der Waals surface area contributed by atoms with Crippen LogP contribution in [0.2, 0.25) is 0 Å². The van der Waals surface area contributed by atoms with Gasteiger partial charge in [-0.3, -0.25) is 9.48 Å². The minimum atomic E-state index is -0.365. The molecule has 1 amide bonds. The zero-order valence-electron chi connectivity index (χ0n) is 18.6. The van der Waals surface area contributed by atoms with E-state index in [1.165, 1.54) is 11.8 Å². The number of imidazole rings is 1. The molecule has 7 nitrogen and oxygen atoms in total. The van der Waals surface area contributed by atoms with E-state index in [0.29, 0.717) is 5.16 Å². The molecule has 0 radical (unpaired) electrons. The molecular formula is C23H26N6OS. The van der Waals surface area contributed by atoms with E-state index >= 15 is 0 Å². The van der Waals surface area contributed by atoms with Crippen LogP contribution in [0.15, 0.2) is 41.6 Å². The highest BCUT2D eigenvalue weighted by molar-refractivity contribution is 8.00. The Kier molecular flexibility index (Phi) is 5.58. The Hall–Kier alpha value is -3.13. The van der Waals surface area contributed by atoms with Crippen molar-refractivity contribution in [3.63, 3.8) is 0 Å². The molecule has 0 aliphatic rings. The molecule has 0 saturated carbocycles. The van der Waals surface area contributed by atoms with Gasteiger partial charge >= 0.3 is 0 Å². The van der Waals surface area contributed by atoms with Gasteiger partial charge in [0.25, 0.3) is 0 Å². The van der Waals surface area contributed by atoms with Crippen molar-refractivity contribution < 1.29 is 4.79 Å². The smallest absolute Gasteiger partial charge is 0.237 e. The van der Waals surface area contributed by atoms with Crippen molar-refractivity contribution in [3.8, 4) is 11.3 Å². The number of carbonyl (C=O) groups is 1. The normalized spacial score (nSPS) is 12.3. The minimum absolute atomic E-state index is 0.0911. The zero-order chi connectivity index (χ0) is 22.3. The maximum atomic E-state index is 13.0. The average Bonchev–Trinajstić information content (AvgIpc) is 3.20. The molecule has 3 heterocycles. The molecule has 0 unspecified atom stereocenters. The van der Waals surface area contributed by atoms with E-state index in [1.54, 1.807) is 4.68 Å². The Balaban J connectivity index is 1.69. The van der Waals surface area contributed by atoms with Gasteiger partial charge in [0, 0.05) is 12.6 Å². The van der Waals surface area contributed by atoms with Crippen LogP contribution in [0.1, 0.15) is 29.6 Å². The van der Waals surface area contributed by atoms with E-state index in [-0.39, 0.29) is 11.2 Å². The highest BCUT2D eigenvalue weighted by Crippen LogP contribution is 2.33. The van der Waals surface area contributed by atoms with E-state index in [2.05, 4.69) is 23.4 Å². The first-order valence-electron chi connectivity index (χ1n) is 10.2. The summed E-state index contributed by atoms with van der Waals surface area (Å²) in [5, 5.41) is 12.4. The van der Waals surface area contributed by atoms with Crippen molar-refractivity contribution in [2.45, 2.75) is 45.0 Å². The van der Waals surface area contributed by atoms with E-state index in [4.69, 9.17) is 10.1 Å². The fourth-order valence-electron chi connectivity index (χ4n) is 3.67. The molecule has 1 atom stereocenters. The average molecular weight is 435 g/mol.